The molecule has 0 spiro atoms. The topological polar surface area (TPSA) is 30.9 Å². The Morgan fingerprint density at radius 3 is 1.89 bits per heavy atom. The first-order valence-electron chi connectivity index (χ1n) is 7.02. The van der Waals surface area contributed by atoms with Gasteiger partial charge in [0.2, 0.25) is 0 Å². The lowest BCUT2D eigenvalue weighted by Crippen LogP contribution is -2.38. The van der Waals surface area contributed by atoms with Crippen molar-refractivity contribution >= 4 is 8.32 Å². The van der Waals surface area contributed by atoms with Crippen LogP contribution in [0.5, 0.6) is 0 Å². The standard InChI is InChI=1S/C13H31NO3Si/c1-6-17-18(7-2,8-3)11-9-10-14(12-15-4)13-16-5/h6-13H2,1-5H3. The van der Waals surface area contributed by atoms with Gasteiger partial charge in [0.15, 0.2) is 8.32 Å². The Labute approximate surface area is 114 Å². The van der Waals surface area contributed by atoms with Gasteiger partial charge >= 0.3 is 0 Å². The Balaban J connectivity index is 4.09. The van der Waals surface area contributed by atoms with Crippen molar-refractivity contribution < 1.29 is 13.9 Å². The van der Waals surface area contributed by atoms with Gasteiger partial charge in [-0.25, -0.2) is 0 Å². The second-order valence-corrected chi connectivity index (χ2v) is 9.23. The largest absolute Gasteiger partial charge is 0.417 e. The highest BCUT2D eigenvalue weighted by atomic mass is 28.4. The van der Waals surface area contributed by atoms with Crippen molar-refractivity contribution in [2.45, 2.75) is 45.3 Å². The van der Waals surface area contributed by atoms with Gasteiger partial charge in [-0.1, -0.05) is 13.8 Å². The van der Waals surface area contributed by atoms with Gasteiger partial charge in [0.25, 0.3) is 0 Å². The molecule has 0 saturated carbocycles. The molecule has 0 N–H and O–H groups in total. The molecule has 0 saturated heterocycles. The van der Waals surface area contributed by atoms with Crippen molar-refractivity contribution in [3.63, 3.8) is 0 Å². The van der Waals surface area contributed by atoms with Gasteiger partial charge in [-0.05, 0) is 31.5 Å². The van der Waals surface area contributed by atoms with Crippen LogP contribution in [0.15, 0.2) is 0 Å². The van der Waals surface area contributed by atoms with Gasteiger partial charge in [-0.15, -0.1) is 0 Å². The zero-order valence-corrected chi connectivity index (χ0v) is 13.8. The summed E-state index contributed by atoms with van der Waals surface area (Å²) < 4.78 is 16.4. The Hall–Kier alpha value is 0.0569. The maximum absolute atomic E-state index is 6.09. The fourth-order valence-electron chi connectivity index (χ4n) is 2.34. The van der Waals surface area contributed by atoms with E-state index in [1.165, 1.54) is 24.6 Å². The lowest BCUT2D eigenvalue weighted by atomic mass is 10.4. The van der Waals surface area contributed by atoms with Gasteiger partial charge < -0.3 is 13.9 Å². The molecule has 18 heavy (non-hydrogen) atoms. The molecule has 0 aromatic carbocycles. The molecule has 0 fully saturated rings. The maximum atomic E-state index is 6.09. The van der Waals surface area contributed by atoms with Crippen LogP contribution in [-0.4, -0.2) is 54.1 Å². The van der Waals surface area contributed by atoms with E-state index < -0.39 is 8.32 Å². The molecule has 0 amide bonds. The number of hydrogen-bond donors (Lipinski definition) is 0. The zero-order chi connectivity index (χ0) is 13.9. The molecule has 0 aromatic rings. The minimum absolute atomic E-state index is 0.634. The maximum Gasteiger partial charge on any atom is 0.192 e. The summed E-state index contributed by atoms with van der Waals surface area (Å²) in [6.45, 7) is 9.79. The van der Waals surface area contributed by atoms with E-state index in [2.05, 4.69) is 25.7 Å². The van der Waals surface area contributed by atoms with E-state index >= 15 is 0 Å². The summed E-state index contributed by atoms with van der Waals surface area (Å²) in [4.78, 5) is 2.18. The number of rotatable bonds is 12. The minimum atomic E-state index is -1.46. The van der Waals surface area contributed by atoms with Crippen LogP contribution < -0.4 is 0 Å². The molecule has 0 aromatic heterocycles. The average molecular weight is 277 g/mol. The predicted molar refractivity (Wildman–Crippen MR) is 78.2 cm³/mol. The molecule has 0 bridgehead atoms. The molecule has 0 radical (unpaired) electrons. The van der Waals surface area contributed by atoms with Crippen molar-refractivity contribution in [2.75, 3.05) is 40.8 Å². The Kier molecular flexibility index (Phi) is 11.0. The Morgan fingerprint density at radius 2 is 1.50 bits per heavy atom. The second kappa shape index (κ2) is 10.9. The summed E-state index contributed by atoms with van der Waals surface area (Å²) >= 11 is 0. The van der Waals surface area contributed by atoms with Crippen LogP contribution in [0.4, 0.5) is 0 Å². The van der Waals surface area contributed by atoms with Crippen molar-refractivity contribution in [1.29, 1.82) is 0 Å². The molecule has 0 aliphatic rings. The number of hydrogen-bond acceptors (Lipinski definition) is 4. The monoisotopic (exact) mass is 277 g/mol. The van der Waals surface area contributed by atoms with Crippen molar-refractivity contribution in [3.8, 4) is 0 Å². The molecular weight excluding hydrogens is 246 g/mol. The first kappa shape index (κ1) is 18.1. The van der Waals surface area contributed by atoms with Crippen LogP contribution in [0.1, 0.15) is 27.2 Å². The van der Waals surface area contributed by atoms with Crippen LogP contribution >= 0.6 is 0 Å². The second-order valence-electron chi connectivity index (χ2n) is 4.66. The fraction of sp³-hybridized carbons (Fsp3) is 1.00. The van der Waals surface area contributed by atoms with Crippen molar-refractivity contribution in [1.82, 2.24) is 4.90 Å². The third kappa shape index (κ3) is 6.85. The fourth-order valence-corrected chi connectivity index (χ4v) is 5.52. The highest BCUT2D eigenvalue weighted by molar-refractivity contribution is 6.73. The molecule has 4 nitrogen and oxygen atoms in total. The Bertz CT molecular complexity index is 183. The smallest absolute Gasteiger partial charge is 0.192 e. The minimum Gasteiger partial charge on any atom is -0.417 e. The van der Waals surface area contributed by atoms with E-state index in [9.17, 15) is 0 Å². The van der Waals surface area contributed by atoms with E-state index in [-0.39, 0.29) is 0 Å². The first-order valence-corrected chi connectivity index (χ1v) is 9.55. The summed E-state index contributed by atoms with van der Waals surface area (Å²) in [5.41, 5.74) is 0. The predicted octanol–water partition coefficient (Wildman–Crippen LogP) is 2.91. The lowest BCUT2D eigenvalue weighted by molar-refractivity contribution is -0.0132. The molecule has 0 aliphatic heterocycles. The van der Waals surface area contributed by atoms with E-state index in [4.69, 9.17) is 13.9 Å². The normalized spacial score (nSPS) is 12.3. The summed E-state index contributed by atoms with van der Waals surface area (Å²) in [5, 5.41) is 0. The van der Waals surface area contributed by atoms with Gasteiger partial charge in [-0.3, -0.25) is 4.90 Å². The van der Waals surface area contributed by atoms with E-state index in [0.717, 1.165) is 13.2 Å². The molecular formula is C13H31NO3Si. The van der Waals surface area contributed by atoms with E-state index in [1.807, 2.05) is 0 Å². The van der Waals surface area contributed by atoms with E-state index in [0.29, 0.717) is 13.5 Å². The third-order valence-electron chi connectivity index (χ3n) is 3.47. The van der Waals surface area contributed by atoms with Crippen LogP contribution in [-0.2, 0) is 13.9 Å². The molecule has 0 heterocycles. The molecule has 0 rings (SSSR count). The third-order valence-corrected chi connectivity index (χ3v) is 8.21. The van der Waals surface area contributed by atoms with Crippen LogP contribution in [0.25, 0.3) is 0 Å². The first-order chi connectivity index (χ1) is 8.67. The number of ether oxygens (including phenoxy) is 2. The highest BCUT2D eigenvalue weighted by Crippen LogP contribution is 2.23. The zero-order valence-electron chi connectivity index (χ0n) is 12.8. The summed E-state index contributed by atoms with van der Waals surface area (Å²) in [6.07, 6.45) is 1.17. The van der Waals surface area contributed by atoms with Crippen molar-refractivity contribution in [2.24, 2.45) is 0 Å². The van der Waals surface area contributed by atoms with Crippen LogP contribution in [0, 0.1) is 0 Å². The molecule has 110 valence electrons. The molecule has 0 atom stereocenters. The van der Waals surface area contributed by atoms with Crippen LogP contribution in [0.2, 0.25) is 18.1 Å². The SMILES string of the molecule is CCO[Si](CC)(CC)CCCN(COC)COC. The molecule has 5 heteroatoms. The number of methoxy groups -OCH3 is 2. The van der Waals surface area contributed by atoms with Gasteiger partial charge in [0.05, 0.1) is 0 Å². The van der Waals surface area contributed by atoms with Gasteiger partial charge in [0.1, 0.15) is 13.5 Å². The highest BCUT2D eigenvalue weighted by Gasteiger charge is 2.29. The quantitative estimate of drug-likeness (QED) is 0.405. The van der Waals surface area contributed by atoms with Gasteiger partial charge in [0, 0.05) is 27.4 Å². The number of nitrogens with zero attached hydrogens (tertiary/aromatic N) is 1. The lowest BCUT2D eigenvalue weighted by Gasteiger charge is -2.30. The molecule has 0 unspecified atom stereocenters. The molecule has 0 aliphatic carbocycles. The summed E-state index contributed by atoms with van der Waals surface area (Å²) in [6, 6.07) is 3.66. The average Bonchev–Trinajstić information content (AvgIpc) is 2.38. The van der Waals surface area contributed by atoms with E-state index in [1.54, 1.807) is 14.2 Å². The van der Waals surface area contributed by atoms with Gasteiger partial charge in [-0.2, -0.15) is 0 Å². The van der Waals surface area contributed by atoms with Crippen molar-refractivity contribution in [3.05, 3.63) is 0 Å². The van der Waals surface area contributed by atoms with Crippen LogP contribution in [0.3, 0.4) is 0 Å². The Morgan fingerprint density at radius 1 is 0.944 bits per heavy atom. The summed E-state index contributed by atoms with van der Waals surface area (Å²) in [7, 11) is 1.98. The summed E-state index contributed by atoms with van der Waals surface area (Å²) in [5.74, 6) is 0.